The molecule has 0 unspecified atom stereocenters. The molecule has 0 atom stereocenters. The number of piperidine rings is 1. The molecule has 106 valence electrons. The summed E-state index contributed by atoms with van der Waals surface area (Å²) in [4.78, 5) is 8.10. The Labute approximate surface area is 123 Å². The van der Waals surface area contributed by atoms with E-state index in [1.165, 1.54) is 12.8 Å². The minimum Gasteiger partial charge on any atom is -0.391 e. The molecule has 0 spiro atoms. The highest BCUT2D eigenvalue weighted by molar-refractivity contribution is 7.16. The standard InChI is InChI=1S/C16H20N2OS/c1-12-7-9-18(10-8-12)16-17-15(14(11-19)20-16)13-5-3-2-4-6-13/h2-6,12,19H,7-11H2,1H3. The zero-order valence-electron chi connectivity index (χ0n) is 11.7. The molecule has 0 amide bonds. The average Bonchev–Trinajstić information content (AvgIpc) is 2.93. The van der Waals surface area contributed by atoms with Gasteiger partial charge >= 0.3 is 0 Å². The monoisotopic (exact) mass is 288 g/mol. The molecular formula is C16H20N2OS. The van der Waals surface area contributed by atoms with Crippen molar-refractivity contribution in [2.24, 2.45) is 5.92 Å². The van der Waals surface area contributed by atoms with E-state index in [2.05, 4.69) is 24.0 Å². The fourth-order valence-corrected chi connectivity index (χ4v) is 3.60. The van der Waals surface area contributed by atoms with Crippen molar-refractivity contribution in [3.05, 3.63) is 35.2 Å². The first-order valence-corrected chi connectivity index (χ1v) is 8.00. The molecule has 1 aromatic carbocycles. The molecule has 1 aliphatic heterocycles. The summed E-state index contributed by atoms with van der Waals surface area (Å²) >= 11 is 1.63. The van der Waals surface area contributed by atoms with Crippen LogP contribution in [0, 0.1) is 5.92 Å². The Kier molecular flexibility index (Phi) is 4.03. The van der Waals surface area contributed by atoms with Gasteiger partial charge in [-0.3, -0.25) is 0 Å². The SMILES string of the molecule is CC1CCN(c2nc(-c3ccccc3)c(CO)s2)CC1. The minimum absolute atomic E-state index is 0.0616. The maximum Gasteiger partial charge on any atom is 0.186 e. The van der Waals surface area contributed by atoms with Gasteiger partial charge in [-0.05, 0) is 18.8 Å². The van der Waals surface area contributed by atoms with Gasteiger partial charge < -0.3 is 10.0 Å². The van der Waals surface area contributed by atoms with Crippen LogP contribution in [0.3, 0.4) is 0 Å². The van der Waals surface area contributed by atoms with E-state index >= 15 is 0 Å². The third-order valence-corrected chi connectivity index (χ3v) is 5.03. The molecule has 0 saturated carbocycles. The van der Waals surface area contributed by atoms with Crippen molar-refractivity contribution in [2.45, 2.75) is 26.4 Å². The van der Waals surface area contributed by atoms with Gasteiger partial charge in [0.1, 0.15) is 0 Å². The smallest absolute Gasteiger partial charge is 0.186 e. The molecule has 2 heterocycles. The summed E-state index contributed by atoms with van der Waals surface area (Å²) < 4.78 is 0. The summed E-state index contributed by atoms with van der Waals surface area (Å²) in [6.45, 7) is 4.53. The van der Waals surface area contributed by atoms with E-state index in [1.54, 1.807) is 11.3 Å². The number of nitrogens with zero attached hydrogens (tertiary/aromatic N) is 2. The van der Waals surface area contributed by atoms with Gasteiger partial charge in [0.15, 0.2) is 5.13 Å². The lowest BCUT2D eigenvalue weighted by Crippen LogP contribution is -2.32. The van der Waals surface area contributed by atoms with Gasteiger partial charge in [0, 0.05) is 18.7 Å². The van der Waals surface area contributed by atoms with E-state index in [4.69, 9.17) is 4.98 Å². The topological polar surface area (TPSA) is 36.4 Å². The van der Waals surface area contributed by atoms with Crippen molar-refractivity contribution < 1.29 is 5.11 Å². The molecule has 4 heteroatoms. The highest BCUT2D eigenvalue weighted by atomic mass is 32.1. The Morgan fingerprint density at radius 2 is 1.95 bits per heavy atom. The number of hydrogen-bond acceptors (Lipinski definition) is 4. The summed E-state index contributed by atoms with van der Waals surface area (Å²) in [7, 11) is 0. The largest absolute Gasteiger partial charge is 0.391 e. The van der Waals surface area contributed by atoms with Gasteiger partial charge in [-0.1, -0.05) is 48.6 Å². The zero-order chi connectivity index (χ0) is 13.9. The summed E-state index contributed by atoms with van der Waals surface area (Å²) in [5, 5.41) is 10.6. The number of aliphatic hydroxyl groups excluding tert-OH is 1. The lowest BCUT2D eigenvalue weighted by molar-refractivity contribution is 0.286. The van der Waals surface area contributed by atoms with E-state index < -0.39 is 0 Å². The van der Waals surface area contributed by atoms with Crippen LogP contribution in [0.4, 0.5) is 5.13 Å². The zero-order valence-corrected chi connectivity index (χ0v) is 12.6. The summed E-state index contributed by atoms with van der Waals surface area (Å²) in [5.41, 5.74) is 2.02. The van der Waals surface area contributed by atoms with Crippen LogP contribution < -0.4 is 4.90 Å². The number of anilines is 1. The van der Waals surface area contributed by atoms with Crippen molar-refractivity contribution in [1.29, 1.82) is 0 Å². The van der Waals surface area contributed by atoms with Crippen LogP contribution in [0.1, 0.15) is 24.6 Å². The summed E-state index contributed by atoms with van der Waals surface area (Å²) in [5.74, 6) is 0.817. The number of thiazole rings is 1. The first-order valence-electron chi connectivity index (χ1n) is 7.19. The molecule has 1 N–H and O–H groups in total. The van der Waals surface area contributed by atoms with E-state index in [0.717, 1.165) is 40.3 Å². The van der Waals surface area contributed by atoms with Crippen LogP contribution in [0.5, 0.6) is 0 Å². The Morgan fingerprint density at radius 1 is 1.25 bits per heavy atom. The Hall–Kier alpha value is -1.39. The number of benzene rings is 1. The van der Waals surface area contributed by atoms with Crippen molar-refractivity contribution >= 4 is 16.5 Å². The Balaban J connectivity index is 1.89. The van der Waals surface area contributed by atoms with Crippen LogP contribution in [0.2, 0.25) is 0 Å². The van der Waals surface area contributed by atoms with Crippen molar-refractivity contribution in [2.75, 3.05) is 18.0 Å². The summed E-state index contributed by atoms with van der Waals surface area (Å²) in [6, 6.07) is 10.1. The lowest BCUT2D eigenvalue weighted by atomic mass is 10.00. The molecule has 2 aromatic rings. The van der Waals surface area contributed by atoms with Gasteiger partial charge in [-0.2, -0.15) is 0 Å². The number of rotatable bonds is 3. The predicted octanol–water partition coefficient (Wildman–Crippen LogP) is 3.54. The molecule has 1 aromatic heterocycles. The van der Waals surface area contributed by atoms with Gasteiger partial charge in [0.25, 0.3) is 0 Å². The molecule has 1 fully saturated rings. The van der Waals surface area contributed by atoms with E-state index in [9.17, 15) is 5.11 Å². The molecule has 20 heavy (non-hydrogen) atoms. The Morgan fingerprint density at radius 3 is 2.60 bits per heavy atom. The van der Waals surface area contributed by atoms with Crippen LogP contribution in [-0.2, 0) is 6.61 Å². The van der Waals surface area contributed by atoms with Crippen LogP contribution in [0.15, 0.2) is 30.3 Å². The first kappa shape index (κ1) is 13.6. The molecule has 3 nitrogen and oxygen atoms in total. The van der Waals surface area contributed by atoms with Crippen molar-refractivity contribution in [1.82, 2.24) is 4.98 Å². The van der Waals surface area contributed by atoms with Crippen molar-refractivity contribution in [3.8, 4) is 11.3 Å². The molecule has 1 saturated heterocycles. The van der Waals surface area contributed by atoms with Crippen LogP contribution in [-0.4, -0.2) is 23.2 Å². The third kappa shape index (κ3) is 2.72. The predicted molar refractivity (Wildman–Crippen MR) is 84.1 cm³/mol. The van der Waals surface area contributed by atoms with E-state index in [1.807, 2.05) is 18.2 Å². The second-order valence-electron chi connectivity index (χ2n) is 5.46. The first-order chi connectivity index (χ1) is 9.78. The fourth-order valence-electron chi connectivity index (χ4n) is 2.60. The molecule has 0 aliphatic carbocycles. The molecule has 3 rings (SSSR count). The summed E-state index contributed by atoms with van der Waals surface area (Å²) in [6.07, 6.45) is 2.46. The normalized spacial score (nSPS) is 16.6. The van der Waals surface area contributed by atoms with Crippen LogP contribution in [0.25, 0.3) is 11.3 Å². The second-order valence-corrected chi connectivity index (χ2v) is 6.52. The Bertz CT molecular complexity index is 559. The average molecular weight is 288 g/mol. The molecule has 0 radical (unpaired) electrons. The molecule has 1 aliphatic rings. The minimum atomic E-state index is 0.0616. The van der Waals surface area contributed by atoms with Crippen LogP contribution >= 0.6 is 11.3 Å². The number of aromatic nitrogens is 1. The van der Waals surface area contributed by atoms with Gasteiger partial charge in [-0.15, -0.1) is 0 Å². The lowest BCUT2D eigenvalue weighted by Gasteiger charge is -2.29. The third-order valence-electron chi connectivity index (χ3n) is 3.93. The quantitative estimate of drug-likeness (QED) is 0.938. The second kappa shape index (κ2) is 5.94. The van der Waals surface area contributed by atoms with Gasteiger partial charge in [0.05, 0.1) is 17.2 Å². The highest BCUT2D eigenvalue weighted by Crippen LogP contribution is 2.34. The highest BCUT2D eigenvalue weighted by Gasteiger charge is 2.21. The molecule has 0 bridgehead atoms. The maximum atomic E-state index is 9.59. The number of aliphatic hydroxyl groups is 1. The van der Waals surface area contributed by atoms with Gasteiger partial charge in [-0.25, -0.2) is 4.98 Å². The fraction of sp³-hybridized carbons (Fsp3) is 0.438. The number of hydrogen-bond donors (Lipinski definition) is 1. The maximum absolute atomic E-state index is 9.59. The van der Waals surface area contributed by atoms with Crippen molar-refractivity contribution in [3.63, 3.8) is 0 Å². The molecular weight excluding hydrogens is 268 g/mol. The van der Waals surface area contributed by atoms with E-state index in [-0.39, 0.29) is 6.61 Å². The van der Waals surface area contributed by atoms with Gasteiger partial charge in [0.2, 0.25) is 0 Å². The van der Waals surface area contributed by atoms with E-state index in [0.29, 0.717) is 0 Å².